The van der Waals surface area contributed by atoms with Crippen LogP contribution in [0, 0.1) is 20.8 Å². The van der Waals surface area contributed by atoms with Crippen molar-refractivity contribution < 1.29 is 24.5 Å². The SMILES string of the molecule is Cc1cc(C)c(C)c(Oc2cnc(C(=O)NCC(=O)O)c(O)c2)c1. The molecule has 1 aromatic heterocycles. The highest BCUT2D eigenvalue weighted by Gasteiger charge is 2.15. The Balaban J connectivity index is 2.21. The number of carbonyl (C=O) groups excluding carboxylic acids is 1. The fraction of sp³-hybridized carbons (Fsp3) is 0.235. The number of hydrogen-bond acceptors (Lipinski definition) is 5. The predicted octanol–water partition coefficient (Wildman–Crippen LogP) is 2.32. The number of amides is 1. The lowest BCUT2D eigenvalue weighted by atomic mass is 10.1. The molecule has 2 aromatic rings. The van der Waals surface area contributed by atoms with Crippen LogP contribution in [0.1, 0.15) is 27.2 Å². The first-order valence-corrected chi connectivity index (χ1v) is 7.22. The van der Waals surface area contributed by atoms with Crippen LogP contribution in [0.2, 0.25) is 0 Å². The molecule has 2 rings (SSSR count). The van der Waals surface area contributed by atoms with Crippen molar-refractivity contribution in [3.63, 3.8) is 0 Å². The third-order valence-electron chi connectivity index (χ3n) is 3.45. The van der Waals surface area contributed by atoms with Gasteiger partial charge in [0.15, 0.2) is 11.4 Å². The summed E-state index contributed by atoms with van der Waals surface area (Å²) < 4.78 is 5.74. The van der Waals surface area contributed by atoms with Crippen LogP contribution in [-0.4, -0.2) is 33.6 Å². The summed E-state index contributed by atoms with van der Waals surface area (Å²) in [5, 5.41) is 20.6. The first-order valence-electron chi connectivity index (χ1n) is 7.22. The van der Waals surface area contributed by atoms with Gasteiger partial charge in [-0.2, -0.15) is 0 Å². The second kappa shape index (κ2) is 6.99. The molecule has 0 saturated carbocycles. The molecule has 0 saturated heterocycles. The summed E-state index contributed by atoms with van der Waals surface area (Å²) in [7, 11) is 0. The number of nitrogens with zero attached hydrogens (tertiary/aromatic N) is 1. The van der Waals surface area contributed by atoms with Gasteiger partial charge in [0.05, 0.1) is 6.20 Å². The maximum absolute atomic E-state index is 11.7. The summed E-state index contributed by atoms with van der Waals surface area (Å²) in [6.07, 6.45) is 1.30. The Morgan fingerprint density at radius 2 is 1.92 bits per heavy atom. The summed E-state index contributed by atoms with van der Waals surface area (Å²) in [4.78, 5) is 26.0. The van der Waals surface area contributed by atoms with Gasteiger partial charge in [-0.1, -0.05) is 6.07 Å². The quantitative estimate of drug-likeness (QED) is 0.776. The molecule has 0 bridgehead atoms. The molecule has 0 unspecified atom stereocenters. The number of ether oxygens (including phenoxy) is 1. The highest BCUT2D eigenvalue weighted by atomic mass is 16.5. The molecule has 126 valence electrons. The van der Waals surface area contributed by atoms with Gasteiger partial charge in [0, 0.05) is 6.07 Å². The predicted molar refractivity (Wildman–Crippen MR) is 86.6 cm³/mol. The van der Waals surface area contributed by atoms with Crippen LogP contribution in [0.3, 0.4) is 0 Å². The number of carboxylic acid groups (broad SMARTS) is 1. The zero-order valence-corrected chi connectivity index (χ0v) is 13.6. The number of pyridine rings is 1. The normalized spacial score (nSPS) is 10.3. The number of benzene rings is 1. The minimum absolute atomic E-state index is 0.263. The van der Waals surface area contributed by atoms with Gasteiger partial charge in [0.1, 0.15) is 18.0 Å². The molecule has 3 N–H and O–H groups in total. The summed E-state index contributed by atoms with van der Waals surface area (Å²) in [6, 6.07) is 5.17. The van der Waals surface area contributed by atoms with Gasteiger partial charge in [-0.3, -0.25) is 9.59 Å². The first-order chi connectivity index (χ1) is 11.3. The Kier molecular flexibility index (Phi) is 5.03. The van der Waals surface area contributed by atoms with Crippen LogP contribution < -0.4 is 10.1 Å². The first kappa shape index (κ1) is 17.3. The van der Waals surface area contributed by atoms with E-state index in [0.29, 0.717) is 5.75 Å². The lowest BCUT2D eigenvalue weighted by Gasteiger charge is -2.12. The second-order valence-electron chi connectivity index (χ2n) is 5.42. The maximum Gasteiger partial charge on any atom is 0.322 e. The number of nitrogens with one attached hydrogen (secondary N) is 1. The third kappa shape index (κ3) is 4.01. The molecule has 0 atom stereocenters. The van der Waals surface area contributed by atoms with Crippen molar-refractivity contribution in [3.05, 3.63) is 46.8 Å². The van der Waals surface area contributed by atoms with E-state index < -0.39 is 24.2 Å². The topological polar surface area (TPSA) is 109 Å². The van der Waals surface area contributed by atoms with E-state index in [1.165, 1.54) is 12.3 Å². The van der Waals surface area contributed by atoms with Crippen LogP contribution in [0.5, 0.6) is 17.2 Å². The number of aryl methyl sites for hydroxylation is 2. The molecular formula is C17H18N2O5. The number of rotatable bonds is 5. The van der Waals surface area contributed by atoms with E-state index in [-0.39, 0.29) is 11.4 Å². The monoisotopic (exact) mass is 330 g/mol. The molecule has 0 fully saturated rings. The molecule has 0 radical (unpaired) electrons. The summed E-state index contributed by atoms with van der Waals surface area (Å²) in [6.45, 7) is 5.29. The molecule has 0 aliphatic heterocycles. The van der Waals surface area contributed by atoms with Crippen LogP contribution in [0.4, 0.5) is 0 Å². The molecule has 1 amide bonds. The molecule has 24 heavy (non-hydrogen) atoms. The van der Waals surface area contributed by atoms with Crippen LogP contribution in [0.25, 0.3) is 0 Å². The summed E-state index contributed by atoms with van der Waals surface area (Å²) in [5.41, 5.74) is 2.81. The minimum atomic E-state index is -1.19. The van der Waals surface area contributed by atoms with Crippen LogP contribution >= 0.6 is 0 Å². The number of aromatic nitrogens is 1. The third-order valence-corrected chi connectivity index (χ3v) is 3.45. The number of carbonyl (C=O) groups is 2. The molecular weight excluding hydrogens is 312 g/mol. The fourth-order valence-corrected chi connectivity index (χ4v) is 2.14. The Morgan fingerprint density at radius 3 is 2.54 bits per heavy atom. The molecule has 0 spiro atoms. The minimum Gasteiger partial charge on any atom is -0.505 e. The number of aromatic hydroxyl groups is 1. The zero-order chi connectivity index (χ0) is 17.9. The van der Waals surface area contributed by atoms with Crippen molar-refractivity contribution in [3.8, 4) is 17.2 Å². The zero-order valence-electron chi connectivity index (χ0n) is 13.6. The Labute approximate surface area is 138 Å². The average Bonchev–Trinajstić information content (AvgIpc) is 2.50. The van der Waals surface area contributed by atoms with Crippen molar-refractivity contribution in [2.24, 2.45) is 0 Å². The van der Waals surface area contributed by atoms with Gasteiger partial charge < -0.3 is 20.3 Å². The average molecular weight is 330 g/mol. The van der Waals surface area contributed by atoms with E-state index in [0.717, 1.165) is 16.7 Å². The molecule has 1 aromatic carbocycles. The van der Waals surface area contributed by atoms with E-state index >= 15 is 0 Å². The van der Waals surface area contributed by atoms with Crippen molar-refractivity contribution in [2.45, 2.75) is 20.8 Å². The van der Waals surface area contributed by atoms with Crippen molar-refractivity contribution in [1.29, 1.82) is 0 Å². The van der Waals surface area contributed by atoms with E-state index in [1.54, 1.807) is 0 Å². The van der Waals surface area contributed by atoms with E-state index in [9.17, 15) is 14.7 Å². The lowest BCUT2D eigenvalue weighted by Crippen LogP contribution is -2.29. The van der Waals surface area contributed by atoms with Crippen molar-refractivity contribution >= 4 is 11.9 Å². The standard InChI is InChI=1S/C17H18N2O5/c1-9-4-10(2)11(3)14(5-9)24-12-6-13(20)16(18-7-12)17(23)19-8-15(21)22/h4-7,20H,8H2,1-3H3,(H,19,23)(H,21,22). The Bertz CT molecular complexity index is 802. The van der Waals surface area contributed by atoms with E-state index in [4.69, 9.17) is 9.84 Å². The van der Waals surface area contributed by atoms with Crippen LogP contribution in [0.15, 0.2) is 24.4 Å². The van der Waals surface area contributed by atoms with Gasteiger partial charge in [0.25, 0.3) is 5.91 Å². The highest BCUT2D eigenvalue weighted by Crippen LogP contribution is 2.30. The smallest absolute Gasteiger partial charge is 0.322 e. The summed E-state index contributed by atoms with van der Waals surface area (Å²) >= 11 is 0. The highest BCUT2D eigenvalue weighted by molar-refractivity contribution is 5.96. The molecule has 0 aliphatic carbocycles. The summed E-state index contributed by atoms with van der Waals surface area (Å²) in [5.74, 6) is -1.44. The van der Waals surface area contributed by atoms with Gasteiger partial charge in [0.2, 0.25) is 0 Å². The Hall–Kier alpha value is -3.09. The Morgan fingerprint density at radius 1 is 1.21 bits per heavy atom. The second-order valence-corrected chi connectivity index (χ2v) is 5.42. The van der Waals surface area contributed by atoms with Gasteiger partial charge in [-0.05, 0) is 43.5 Å². The number of carboxylic acids is 1. The van der Waals surface area contributed by atoms with E-state index in [2.05, 4.69) is 10.3 Å². The largest absolute Gasteiger partial charge is 0.505 e. The van der Waals surface area contributed by atoms with Gasteiger partial charge in [-0.15, -0.1) is 0 Å². The molecule has 0 aliphatic rings. The molecule has 1 heterocycles. The van der Waals surface area contributed by atoms with Crippen molar-refractivity contribution in [2.75, 3.05) is 6.54 Å². The van der Waals surface area contributed by atoms with E-state index in [1.807, 2.05) is 32.9 Å². The van der Waals surface area contributed by atoms with Gasteiger partial charge in [-0.25, -0.2) is 4.98 Å². The van der Waals surface area contributed by atoms with Crippen LogP contribution in [-0.2, 0) is 4.79 Å². The number of aliphatic carboxylic acids is 1. The lowest BCUT2D eigenvalue weighted by molar-refractivity contribution is -0.135. The fourth-order valence-electron chi connectivity index (χ4n) is 2.14. The molecule has 7 nitrogen and oxygen atoms in total. The van der Waals surface area contributed by atoms with Crippen molar-refractivity contribution in [1.82, 2.24) is 10.3 Å². The molecule has 7 heteroatoms. The van der Waals surface area contributed by atoms with Gasteiger partial charge >= 0.3 is 5.97 Å². The number of hydrogen-bond donors (Lipinski definition) is 3. The maximum atomic E-state index is 11.7.